The van der Waals surface area contributed by atoms with Crippen LogP contribution in [0.25, 0.3) is 0 Å². The lowest BCUT2D eigenvalue weighted by atomic mass is 10.1. The van der Waals surface area contributed by atoms with Crippen LogP contribution in [0.4, 0.5) is 10.1 Å². The predicted octanol–water partition coefficient (Wildman–Crippen LogP) is 2.56. The van der Waals surface area contributed by atoms with E-state index in [0.717, 1.165) is 17.7 Å². The molecule has 0 heterocycles. The van der Waals surface area contributed by atoms with Crippen molar-refractivity contribution in [1.29, 1.82) is 0 Å². The van der Waals surface area contributed by atoms with Gasteiger partial charge < -0.3 is 10.6 Å². The van der Waals surface area contributed by atoms with Crippen LogP contribution in [-0.2, 0) is 11.3 Å². The molecule has 2 rings (SSSR count). The third kappa shape index (κ3) is 4.62. The molecule has 0 saturated heterocycles. The Morgan fingerprint density at radius 1 is 1.23 bits per heavy atom. The van der Waals surface area contributed by atoms with Crippen LogP contribution in [0.2, 0.25) is 0 Å². The van der Waals surface area contributed by atoms with Crippen molar-refractivity contribution in [3.8, 4) is 0 Å². The van der Waals surface area contributed by atoms with E-state index in [9.17, 15) is 24.1 Å². The van der Waals surface area contributed by atoms with E-state index in [1.807, 2.05) is 18.2 Å². The van der Waals surface area contributed by atoms with Crippen molar-refractivity contribution in [2.24, 2.45) is 5.73 Å². The number of rotatable bonds is 7. The zero-order chi connectivity index (χ0) is 19.3. The summed E-state index contributed by atoms with van der Waals surface area (Å²) in [6.07, 6.45) is -0.0547. The summed E-state index contributed by atoms with van der Waals surface area (Å²) in [6.45, 7) is 1.74. The second kappa shape index (κ2) is 8.19. The maximum absolute atomic E-state index is 13.7. The monoisotopic (exact) mass is 359 g/mol. The zero-order valence-corrected chi connectivity index (χ0v) is 14.1. The molecule has 2 aromatic carbocycles. The maximum atomic E-state index is 13.7. The molecule has 0 radical (unpaired) electrons. The molecule has 2 amide bonds. The van der Waals surface area contributed by atoms with Crippen LogP contribution in [0.1, 0.15) is 27.9 Å². The molecule has 2 aromatic rings. The molecule has 0 aromatic heterocycles. The van der Waals surface area contributed by atoms with Crippen LogP contribution in [0.15, 0.2) is 42.5 Å². The number of nitrogens with two attached hydrogens (primary N) is 1. The summed E-state index contributed by atoms with van der Waals surface area (Å²) >= 11 is 0. The second-order valence-electron chi connectivity index (χ2n) is 5.80. The maximum Gasteiger partial charge on any atom is 0.305 e. The SMILES string of the molecule is Cc1cc(F)c([N+](=O)[O-])cc1C(=O)N(CCC(N)=O)Cc1ccccc1. The number of hydrogen-bond acceptors (Lipinski definition) is 4. The van der Waals surface area contributed by atoms with Gasteiger partial charge in [-0.25, -0.2) is 0 Å². The van der Waals surface area contributed by atoms with Crippen molar-refractivity contribution in [3.05, 3.63) is 75.1 Å². The standard InChI is InChI=1S/C18H18FN3O4/c1-12-9-15(19)16(22(25)26)10-14(12)18(24)21(8-7-17(20)23)11-13-5-3-2-4-6-13/h2-6,9-10H,7-8,11H2,1H3,(H2,20,23). The smallest absolute Gasteiger partial charge is 0.305 e. The van der Waals surface area contributed by atoms with Gasteiger partial charge in [-0.3, -0.25) is 19.7 Å². The summed E-state index contributed by atoms with van der Waals surface area (Å²) in [5.74, 6) is -2.11. The third-order valence-corrected chi connectivity index (χ3v) is 3.85. The van der Waals surface area contributed by atoms with Crippen LogP contribution >= 0.6 is 0 Å². The molecule has 0 spiro atoms. The first-order valence-corrected chi connectivity index (χ1v) is 7.85. The van der Waals surface area contributed by atoms with E-state index < -0.39 is 28.2 Å². The lowest BCUT2D eigenvalue weighted by Gasteiger charge is -2.23. The molecule has 0 bridgehead atoms. The lowest BCUT2D eigenvalue weighted by Crippen LogP contribution is -2.34. The summed E-state index contributed by atoms with van der Waals surface area (Å²) in [4.78, 5) is 35.5. The van der Waals surface area contributed by atoms with Gasteiger partial charge in [0.05, 0.1) is 4.92 Å². The van der Waals surface area contributed by atoms with Crippen molar-refractivity contribution in [2.75, 3.05) is 6.54 Å². The molecule has 2 N–H and O–H groups in total. The van der Waals surface area contributed by atoms with Crippen LogP contribution in [0.5, 0.6) is 0 Å². The van der Waals surface area contributed by atoms with E-state index in [4.69, 9.17) is 5.73 Å². The summed E-state index contributed by atoms with van der Waals surface area (Å²) in [7, 11) is 0. The molecule has 136 valence electrons. The average molecular weight is 359 g/mol. The fraction of sp³-hybridized carbons (Fsp3) is 0.222. The average Bonchev–Trinajstić information content (AvgIpc) is 2.58. The van der Waals surface area contributed by atoms with Crippen LogP contribution in [0, 0.1) is 22.9 Å². The molecule has 0 aliphatic rings. The lowest BCUT2D eigenvalue weighted by molar-refractivity contribution is -0.387. The Labute approximate surface area is 149 Å². The van der Waals surface area contributed by atoms with Crippen LogP contribution < -0.4 is 5.73 Å². The van der Waals surface area contributed by atoms with Crippen molar-refractivity contribution >= 4 is 17.5 Å². The molecule has 0 unspecified atom stereocenters. The molecular formula is C18H18FN3O4. The van der Waals surface area contributed by atoms with Crippen LogP contribution in [-0.4, -0.2) is 28.2 Å². The van der Waals surface area contributed by atoms with E-state index in [1.54, 1.807) is 12.1 Å². The van der Waals surface area contributed by atoms with Gasteiger partial charge in [-0.1, -0.05) is 30.3 Å². The predicted molar refractivity (Wildman–Crippen MR) is 92.8 cm³/mol. The van der Waals surface area contributed by atoms with Crippen molar-refractivity contribution in [2.45, 2.75) is 19.9 Å². The topological polar surface area (TPSA) is 107 Å². The Hall–Kier alpha value is -3.29. The van der Waals surface area contributed by atoms with Gasteiger partial charge in [-0.15, -0.1) is 0 Å². The number of amides is 2. The molecule has 8 heteroatoms. The zero-order valence-electron chi connectivity index (χ0n) is 14.1. The molecular weight excluding hydrogens is 341 g/mol. The Kier molecular flexibility index (Phi) is 6.00. The quantitative estimate of drug-likeness (QED) is 0.605. The minimum absolute atomic E-state index is 0.0125. The van der Waals surface area contributed by atoms with E-state index in [1.165, 1.54) is 11.8 Å². The Bertz CT molecular complexity index is 840. The molecule has 0 saturated carbocycles. The number of carbonyl (C=O) groups is 2. The first-order valence-electron chi connectivity index (χ1n) is 7.85. The van der Waals surface area contributed by atoms with Crippen molar-refractivity contribution < 1.29 is 18.9 Å². The van der Waals surface area contributed by atoms with E-state index >= 15 is 0 Å². The number of nitro benzene ring substituents is 1. The number of primary amides is 1. The summed E-state index contributed by atoms with van der Waals surface area (Å²) in [5.41, 5.74) is 5.51. The van der Waals surface area contributed by atoms with Gasteiger partial charge in [-0.2, -0.15) is 4.39 Å². The highest BCUT2D eigenvalue weighted by Crippen LogP contribution is 2.23. The highest BCUT2D eigenvalue weighted by Gasteiger charge is 2.24. The number of halogens is 1. The van der Waals surface area contributed by atoms with Gasteiger partial charge in [0.1, 0.15) is 0 Å². The van der Waals surface area contributed by atoms with Crippen molar-refractivity contribution in [1.82, 2.24) is 4.90 Å². The van der Waals surface area contributed by atoms with Gasteiger partial charge in [0.15, 0.2) is 0 Å². The van der Waals surface area contributed by atoms with Gasteiger partial charge in [0, 0.05) is 31.1 Å². The molecule has 0 aliphatic heterocycles. The van der Waals surface area contributed by atoms with Crippen LogP contribution in [0.3, 0.4) is 0 Å². The number of nitro groups is 1. The highest BCUT2D eigenvalue weighted by atomic mass is 19.1. The van der Waals surface area contributed by atoms with E-state index in [-0.39, 0.29) is 30.6 Å². The molecule has 0 atom stereocenters. The molecule has 0 fully saturated rings. The number of nitrogens with zero attached hydrogens (tertiary/aromatic N) is 2. The first-order chi connectivity index (χ1) is 12.3. The molecule has 26 heavy (non-hydrogen) atoms. The largest absolute Gasteiger partial charge is 0.370 e. The first kappa shape index (κ1) is 19.0. The minimum Gasteiger partial charge on any atom is -0.370 e. The fourth-order valence-electron chi connectivity index (χ4n) is 2.50. The number of benzene rings is 2. The van der Waals surface area contributed by atoms with E-state index in [0.29, 0.717) is 0 Å². The Balaban J connectivity index is 2.37. The molecule has 7 nitrogen and oxygen atoms in total. The highest BCUT2D eigenvalue weighted by molar-refractivity contribution is 5.96. The van der Waals surface area contributed by atoms with Gasteiger partial charge in [0.2, 0.25) is 11.7 Å². The van der Waals surface area contributed by atoms with E-state index in [2.05, 4.69) is 0 Å². The summed E-state index contributed by atoms with van der Waals surface area (Å²) in [6, 6.07) is 10.9. The third-order valence-electron chi connectivity index (χ3n) is 3.85. The number of aryl methyl sites for hydroxylation is 1. The summed E-state index contributed by atoms with van der Waals surface area (Å²) < 4.78 is 13.7. The molecule has 0 aliphatic carbocycles. The summed E-state index contributed by atoms with van der Waals surface area (Å²) in [5, 5.41) is 11.0. The van der Waals surface area contributed by atoms with Gasteiger partial charge in [0.25, 0.3) is 5.91 Å². The minimum atomic E-state index is -1.00. The second-order valence-corrected chi connectivity index (χ2v) is 5.80. The van der Waals surface area contributed by atoms with Gasteiger partial charge in [-0.05, 0) is 24.1 Å². The Morgan fingerprint density at radius 2 is 1.88 bits per heavy atom. The van der Waals surface area contributed by atoms with Gasteiger partial charge >= 0.3 is 5.69 Å². The normalized spacial score (nSPS) is 10.4. The Morgan fingerprint density at radius 3 is 2.46 bits per heavy atom. The van der Waals surface area contributed by atoms with Crippen molar-refractivity contribution in [3.63, 3.8) is 0 Å². The number of carbonyl (C=O) groups excluding carboxylic acids is 2. The number of hydrogen-bond donors (Lipinski definition) is 1. The fourth-order valence-corrected chi connectivity index (χ4v) is 2.50.